The molecule has 2 heterocycles. The summed E-state index contributed by atoms with van der Waals surface area (Å²) in [5, 5.41) is 0. The Hall–Kier alpha value is -1.66. The number of ether oxygens (including phenoxy) is 2. The van der Waals surface area contributed by atoms with Gasteiger partial charge in [-0.2, -0.15) is 0 Å². The predicted molar refractivity (Wildman–Crippen MR) is 79.8 cm³/mol. The SMILES string of the molecule is COC(=O)c1sc(C)cc1-c1cc(C)sc1C(=O)OC. The maximum atomic E-state index is 11.9. The Balaban J connectivity index is 2.63. The largest absolute Gasteiger partial charge is 0.465 e. The summed E-state index contributed by atoms with van der Waals surface area (Å²) in [6, 6.07) is 3.79. The van der Waals surface area contributed by atoms with E-state index in [9.17, 15) is 9.59 Å². The number of esters is 2. The second-order valence-electron chi connectivity index (χ2n) is 4.18. The Morgan fingerprint density at radius 3 is 1.50 bits per heavy atom. The first kappa shape index (κ1) is 14.7. The summed E-state index contributed by atoms with van der Waals surface area (Å²) in [4.78, 5) is 26.7. The lowest BCUT2D eigenvalue weighted by molar-refractivity contribution is 0.0595. The Kier molecular flexibility index (Phi) is 4.25. The standard InChI is InChI=1S/C14H14O4S2/c1-7-5-9(11(19-7)13(15)17-3)10-6-8(2)20-12(10)14(16)18-4/h5-6H,1-4H3. The van der Waals surface area contributed by atoms with Crippen LogP contribution in [0.2, 0.25) is 0 Å². The third-order valence-electron chi connectivity index (χ3n) is 2.74. The van der Waals surface area contributed by atoms with Crippen LogP contribution in [-0.4, -0.2) is 26.2 Å². The van der Waals surface area contributed by atoms with Crippen LogP contribution in [0.5, 0.6) is 0 Å². The minimum Gasteiger partial charge on any atom is -0.465 e. The average molecular weight is 310 g/mol. The van der Waals surface area contributed by atoms with E-state index in [1.807, 2.05) is 26.0 Å². The van der Waals surface area contributed by atoms with Gasteiger partial charge in [-0.15, -0.1) is 22.7 Å². The number of rotatable bonds is 3. The van der Waals surface area contributed by atoms with Gasteiger partial charge in [0.25, 0.3) is 0 Å². The molecule has 4 nitrogen and oxygen atoms in total. The van der Waals surface area contributed by atoms with E-state index in [0.29, 0.717) is 9.75 Å². The van der Waals surface area contributed by atoms with Crippen LogP contribution in [0.15, 0.2) is 12.1 Å². The highest BCUT2D eigenvalue weighted by Crippen LogP contribution is 2.38. The zero-order valence-electron chi connectivity index (χ0n) is 11.6. The van der Waals surface area contributed by atoms with Crippen molar-refractivity contribution >= 4 is 34.6 Å². The molecule has 0 saturated carbocycles. The third kappa shape index (κ3) is 2.62. The molecule has 0 aliphatic heterocycles. The minimum atomic E-state index is -0.391. The normalized spacial score (nSPS) is 10.4. The number of carbonyl (C=O) groups is 2. The molecule has 0 amide bonds. The summed E-state index contributed by atoms with van der Waals surface area (Å²) in [7, 11) is 2.70. The van der Waals surface area contributed by atoms with Gasteiger partial charge in [0.15, 0.2) is 0 Å². The van der Waals surface area contributed by atoms with Crippen LogP contribution in [0, 0.1) is 13.8 Å². The van der Waals surface area contributed by atoms with E-state index in [1.54, 1.807) is 0 Å². The molecule has 0 aliphatic carbocycles. The quantitative estimate of drug-likeness (QED) is 0.812. The molecule has 0 N–H and O–H groups in total. The lowest BCUT2D eigenvalue weighted by Crippen LogP contribution is -2.03. The molecule has 0 radical (unpaired) electrons. The van der Waals surface area contributed by atoms with Crippen molar-refractivity contribution in [2.75, 3.05) is 14.2 Å². The van der Waals surface area contributed by atoms with Crippen LogP contribution in [0.3, 0.4) is 0 Å². The van der Waals surface area contributed by atoms with Gasteiger partial charge in [0.1, 0.15) is 9.75 Å². The summed E-state index contributed by atoms with van der Waals surface area (Å²) in [5.41, 5.74) is 1.45. The van der Waals surface area contributed by atoms with Gasteiger partial charge in [0.05, 0.1) is 14.2 Å². The maximum absolute atomic E-state index is 11.9. The number of thiophene rings is 2. The van der Waals surface area contributed by atoms with Crippen molar-refractivity contribution in [3.63, 3.8) is 0 Å². The van der Waals surface area contributed by atoms with Gasteiger partial charge in [-0.3, -0.25) is 0 Å². The fraction of sp³-hybridized carbons (Fsp3) is 0.286. The first-order valence-corrected chi connectivity index (χ1v) is 7.49. The summed E-state index contributed by atoms with van der Waals surface area (Å²) in [6.45, 7) is 3.83. The van der Waals surface area contributed by atoms with Gasteiger partial charge in [-0.05, 0) is 26.0 Å². The van der Waals surface area contributed by atoms with Gasteiger partial charge < -0.3 is 9.47 Å². The molecule has 0 atom stereocenters. The molecule has 0 unspecified atom stereocenters. The number of methoxy groups -OCH3 is 2. The van der Waals surface area contributed by atoms with E-state index < -0.39 is 11.9 Å². The zero-order valence-corrected chi connectivity index (χ0v) is 13.2. The van der Waals surface area contributed by atoms with Crippen LogP contribution < -0.4 is 0 Å². The smallest absolute Gasteiger partial charge is 0.348 e. The molecule has 20 heavy (non-hydrogen) atoms. The molecule has 6 heteroatoms. The number of hydrogen-bond donors (Lipinski definition) is 0. The number of aryl methyl sites for hydroxylation is 2. The van der Waals surface area contributed by atoms with E-state index >= 15 is 0 Å². The molecule has 0 bridgehead atoms. The second kappa shape index (κ2) is 5.76. The Bertz CT molecular complexity index is 609. The van der Waals surface area contributed by atoms with Crippen LogP contribution >= 0.6 is 22.7 Å². The van der Waals surface area contributed by atoms with E-state index in [0.717, 1.165) is 20.9 Å². The first-order chi connectivity index (χ1) is 9.47. The van der Waals surface area contributed by atoms with Crippen LogP contribution in [0.4, 0.5) is 0 Å². The van der Waals surface area contributed by atoms with Crippen LogP contribution in [0.1, 0.15) is 29.1 Å². The highest BCUT2D eigenvalue weighted by atomic mass is 32.1. The number of carbonyl (C=O) groups excluding carboxylic acids is 2. The summed E-state index contributed by atoms with van der Waals surface area (Å²) in [6.07, 6.45) is 0. The van der Waals surface area contributed by atoms with E-state index in [2.05, 4.69) is 0 Å². The fourth-order valence-corrected chi connectivity index (χ4v) is 3.81. The van der Waals surface area contributed by atoms with Crippen molar-refractivity contribution in [1.29, 1.82) is 0 Å². The van der Waals surface area contributed by atoms with Gasteiger partial charge in [0.2, 0.25) is 0 Å². The summed E-state index contributed by atoms with van der Waals surface area (Å²) < 4.78 is 9.61. The molecule has 0 aliphatic rings. The van der Waals surface area contributed by atoms with Crippen molar-refractivity contribution in [3.05, 3.63) is 31.6 Å². The third-order valence-corrected chi connectivity index (χ3v) is 4.80. The van der Waals surface area contributed by atoms with Crippen molar-refractivity contribution in [2.24, 2.45) is 0 Å². The molecule has 2 rings (SSSR count). The molecular weight excluding hydrogens is 296 g/mol. The van der Waals surface area contributed by atoms with Gasteiger partial charge in [-0.1, -0.05) is 0 Å². The lowest BCUT2D eigenvalue weighted by Gasteiger charge is -2.03. The Morgan fingerprint density at radius 2 is 1.20 bits per heavy atom. The maximum Gasteiger partial charge on any atom is 0.348 e. The molecule has 106 valence electrons. The highest BCUT2D eigenvalue weighted by Gasteiger charge is 2.23. The Morgan fingerprint density at radius 1 is 0.850 bits per heavy atom. The average Bonchev–Trinajstić information content (AvgIpc) is 2.99. The van der Waals surface area contributed by atoms with Crippen molar-refractivity contribution in [2.45, 2.75) is 13.8 Å². The van der Waals surface area contributed by atoms with Crippen LogP contribution in [-0.2, 0) is 9.47 Å². The van der Waals surface area contributed by atoms with E-state index in [1.165, 1.54) is 36.9 Å². The zero-order chi connectivity index (χ0) is 14.9. The second-order valence-corrected chi connectivity index (χ2v) is 6.70. The Labute approximate surface area is 125 Å². The van der Waals surface area contributed by atoms with E-state index in [4.69, 9.17) is 9.47 Å². The van der Waals surface area contributed by atoms with Crippen LogP contribution in [0.25, 0.3) is 11.1 Å². The molecule has 0 aromatic carbocycles. The monoisotopic (exact) mass is 310 g/mol. The first-order valence-electron chi connectivity index (χ1n) is 5.85. The van der Waals surface area contributed by atoms with Crippen molar-refractivity contribution in [3.8, 4) is 11.1 Å². The fourth-order valence-electron chi connectivity index (χ4n) is 1.92. The lowest BCUT2D eigenvalue weighted by atomic mass is 10.1. The summed E-state index contributed by atoms with van der Waals surface area (Å²) in [5.74, 6) is -0.782. The van der Waals surface area contributed by atoms with Crippen molar-refractivity contribution < 1.29 is 19.1 Å². The van der Waals surface area contributed by atoms with Gasteiger partial charge >= 0.3 is 11.9 Å². The van der Waals surface area contributed by atoms with Gasteiger partial charge in [0, 0.05) is 20.9 Å². The number of hydrogen-bond acceptors (Lipinski definition) is 6. The molecule has 2 aromatic rings. The topological polar surface area (TPSA) is 52.6 Å². The summed E-state index contributed by atoms with van der Waals surface area (Å²) >= 11 is 2.71. The minimum absolute atomic E-state index is 0.391. The molecule has 2 aromatic heterocycles. The molecule has 0 saturated heterocycles. The predicted octanol–water partition coefficient (Wildman–Crippen LogP) is 3.67. The molecule has 0 fully saturated rings. The van der Waals surface area contributed by atoms with E-state index in [-0.39, 0.29) is 0 Å². The molecule has 0 spiro atoms. The van der Waals surface area contributed by atoms with Gasteiger partial charge in [-0.25, -0.2) is 9.59 Å². The molecular formula is C14H14O4S2. The van der Waals surface area contributed by atoms with Crippen molar-refractivity contribution in [1.82, 2.24) is 0 Å². The highest BCUT2D eigenvalue weighted by molar-refractivity contribution is 7.15.